The fourth-order valence-electron chi connectivity index (χ4n) is 3.48. The van der Waals surface area contributed by atoms with Gasteiger partial charge in [-0.3, -0.25) is 14.5 Å². The van der Waals surface area contributed by atoms with Gasteiger partial charge in [0.2, 0.25) is 5.91 Å². The molecule has 1 N–H and O–H groups in total. The lowest BCUT2D eigenvalue weighted by molar-refractivity contribution is -0.140. The number of rotatable bonds is 6. The Morgan fingerprint density at radius 1 is 1.29 bits per heavy atom. The van der Waals surface area contributed by atoms with E-state index in [0.29, 0.717) is 37.5 Å². The van der Waals surface area contributed by atoms with Crippen LogP contribution in [0.5, 0.6) is 0 Å². The number of likely N-dealkylation sites (N-methyl/N-ethyl adjacent to an activating group) is 1. The predicted octanol–water partition coefficient (Wildman–Crippen LogP) is 1.84. The van der Waals surface area contributed by atoms with Crippen LogP contribution in [-0.2, 0) is 9.53 Å². The number of hydrogen-bond donors (Lipinski definition) is 1. The zero-order valence-electron chi connectivity index (χ0n) is 16.8. The number of para-hydroxylation sites is 1. The van der Waals surface area contributed by atoms with E-state index in [2.05, 4.69) is 24.1 Å². The Labute approximate surface area is 165 Å². The van der Waals surface area contributed by atoms with Gasteiger partial charge in [-0.25, -0.2) is 4.98 Å². The van der Waals surface area contributed by atoms with Crippen molar-refractivity contribution in [2.45, 2.75) is 20.0 Å². The smallest absolute Gasteiger partial charge is 0.251 e. The molecule has 0 saturated carbocycles. The molecule has 0 aliphatic carbocycles. The first-order valence-corrected chi connectivity index (χ1v) is 9.80. The molecule has 1 atom stereocenters. The van der Waals surface area contributed by atoms with Gasteiger partial charge in [-0.15, -0.1) is 0 Å². The summed E-state index contributed by atoms with van der Waals surface area (Å²) in [6, 6.07) is 9.34. The van der Waals surface area contributed by atoms with Gasteiger partial charge in [-0.1, -0.05) is 32.0 Å². The Balaban J connectivity index is 1.85. The Bertz CT molecular complexity index is 851. The molecular formula is C21H28N4O3. The molecule has 1 fully saturated rings. The zero-order valence-corrected chi connectivity index (χ0v) is 16.8. The van der Waals surface area contributed by atoms with Gasteiger partial charge >= 0.3 is 0 Å². The van der Waals surface area contributed by atoms with Crippen LogP contribution < -0.4 is 5.32 Å². The van der Waals surface area contributed by atoms with E-state index < -0.39 is 0 Å². The van der Waals surface area contributed by atoms with Crippen LogP contribution in [0.25, 0.3) is 10.9 Å². The van der Waals surface area contributed by atoms with Crippen molar-refractivity contribution in [3.05, 3.63) is 41.6 Å². The topological polar surface area (TPSA) is 74.8 Å². The van der Waals surface area contributed by atoms with Crippen LogP contribution in [-0.4, -0.2) is 73.0 Å². The SMILES string of the molecule is CCN(CC)CC(=O)N1CCO[C@H](c2cc(C(=O)NC)c3ccccc3n2)C1. The lowest BCUT2D eigenvalue weighted by Crippen LogP contribution is -2.46. The van der Waals surface area contributed by atoms with Gasteiger partial charge in [0.15, 0.2) is 0 Å². The summed E-state index contributed by atoms with van der Waals surface area (Å²) >= 11 is 0. The molecule has 1 aromatic carbocycles. The highest BCUT2D eigenvalue weighted by molar-refractivity contribution is 6.06. The van der Waals surface area contributed by atoms with Gasteiger partial charge in [0, 0.05) is 19.0 Å². The fraction of sp³-hybridized carbons (Fsp3) is 0.476. The molecule has 1 aliphatic rings. The number of carbonyl (C=O) groups is 2. The maximum absolute atomic E-state index is 12.7. The first-order chi connectivity index (χ1) is 13.6. The maximum atomic E-state index is 12.7. The van der Waals surface area contributed by atoms with Crippen LogP contribution in [0.1, 0.15) is 36.0 Å². The molecule has 0 spiro atoms. The summed E-state index contributed by atoms with van der Waals surface area (Å²) in [5, 5.41) is 3.49. The molecule has 0 bridgehead atoms. The number of morpholine rings is 1. The first-order valence-electron chi connectivity index (χ1n) is 9.80. The number of nitrogens with zero attached hydrogens (tertiary/aromatic N) is 3. The van der Waals surface area contributed by atoms with Crippen molar-refractivity contribution in [2.24, 2.45) is 0 Å². The molecule has 1 aromatic heterocycles. The molecule has 2 aromatic rings. The second-order valence-electron chi connectivity index (χ2n) is 6.85. The molecule has 7 heteroatoms. The fourth-order valence-corrected chi connectivity index (χ4v) is 3.48. The molecule has 1 saturated heterocycles. The monoisotopic (exact) mass is 384 g/mol. The Morgan fingerprint density at radius 3 is 2.75 bits per heavy atom. The quantitative estimate of drug-likeness (QED) is 0.823. The minimum absolute atomic E-state index is 0.101. The third-order valence-corrected chi connectivity index (χ3v) is 5.21. The summed E-state index contributed by atoms with van der Waals surface area (Å²) in [6.45, 7) is 7.68. The number of carbonyl (C=O) groups excluding carboxylic acids is 2. The van der Waals surface area contributed by atoms with E-state index >= 15 is 0 Å². The van der Waals surface area contributed by atoms with E-state index in [9.17, 15) is 9.59 Å². The van der Waals surface area contributed by atoms with Gasteiger partial charge in [0.1, 0.15) is 6.10 Å². The van der Waals surface area contributed by atoms with Gasteiger partial charge < -0.3 is 15.0 Å². The average molecular weight is 384 g/mol. The number of aromatic nitrogens is 1. The highest BCUT2D eigenvalue weighted by atomic mass is 16.5. The number of hydrogen-bond acceptors (Lipinski definition) is 5. The molecule has 2 amide bonds. The Kier molecular flexibility index (Phi) is 6.59. The van der Waals surface area contributed by atoms with Crippen molar-refractivity contribution < 1.29 is 14.3 Å². The number of nitrogens with one attached hydrogen (secondary N) is 1. The zero-order chi connectivity index (χ0) is 20.1. The van der Waals surface area contributed by atoms with Crippen molar-refractivity contribution >= 4 is 22.7 Å². The molecular weight excluding hydrogens is 356 g/mol. The van der Waals surface area contributed by atoms with Crippen molar-refractivity contribution in [1.82, 2.24) is 20.1 Å². The molecule has 150 valence electrons. The van der Waals surface area contributed by atoms with Crippen LogP contribution in [0.3, 0.4) is 0 Å². The molecule has 3 rings (SSSR count). The van der Waals surface area contributed by atoms with Crippen molar-refractivity contribution in [2.75, 3.05) is 46.4 Å². The van der Waals surface area contributed by atoms with E-state index in [1.54, 1.807) is 13.1 Å². The van der Waals surface area contributed by atoms with E-state index in [4.69, 9.17) is 9.72 Å². The van der Waals surface area contributed by atoms with Crippen LogP contribution in [0, 0.1) is 0 Å². The molecule has 1 aliphatic heterocycles. The summed E-state index contributed by atoms with van der Waals surface area (Å²) in [6.07, 6.45) is -0.345. The largest absolute Gasteiger partial charge is 0.368 e. The Morgan fingerprint density at radius 2 is 2.04 bits per heavy atom. The maximum Gasteiger partial charge on any atom is 0.251 e. The number of pyridine rings is 1. The van der Waals surface area contributed by atoms with Crippen molar-refractivity contribution in [3.63, 3.8) is 0 Å². The summed E-state index contributed by atoms with van der Waals surface area (Å²) in [5.41, 5.74) is 1.99. The van der Waals surface area contributed by atoms with E-state index in [-0.39, 0.29) is 17.9 Å². The van der Waals surface area contributed by atoms with E-state index in [0.717, 1.165) is 24.0 Å². The number of benzene rings is 1. The van der Waals surface area contributed by atoms with Crippen molar-refractivity contribution in [1.29, 1.82) is 0 Å². The molecule has 28 heavy (non-hydrogen) atoms. The van der Waals surface area contributed by atoms with Gasteiger partial charge in [-0.05, 0) is 25.2 Å². The molecule has 0 radical (unpaired) electrons. The number of ether oxygens (including phenoxy) is 1. The normalized spacial score (nSPS) is 17.1. The summed E-state index contributed by atoms with van der Waals surface area (Å²) < 4.78 is 5.92. The molecule has 2 heterocycles. The molecule has 7 nitrogen and oxygen atoms in total. The lowest BCUT2D eigenvalue weighted by Gasteiger charge is -2.34. The minimum Gasteiger partial charge on any atom is -0.368 e. The van der Waals surface area contributed by atoms with Gasteiger partial charge in [0.05, 0.1) is 36.5 Å². The summed E-state index contributed by atoms with van der Waals surface area (Å²) in [7, 11) is 1.61. The molecule has 0 unspecified atom stereocenters. The van der Waals surface area contributed by atoms with Crippen molar-refractivity contribution in [3.8, 4) is 0 Å². The van der Waals surface area contributed by atoms with E-state index in [1.165, 1.54) is 0 Å². The lowest BCUT2D eigenvalue weighted by atomic mass is 10.0. The summed E-state index contributed by atoms with van der Waals surface area (Å²) in [5.74, 6) is -0.0607. The van der Waals surface area contributed by atoms with Crippen LogP contribution in [0.15, 0.2) is 30.3 Å². The van der Waals surface area contributed by atoms with Gasteiger partial charge in [0.25, 0.3) is 5.91 Å². The standard InChI is InChI=1S/C21H28N4O3/c1-4-24(5-2)14-20(26)25-10-11-28-19(13-25)18-12-16(21(27)22-3)15-8-6-7-9-17(15)23-18/h6-9,12,19H,4-5,10-11,13-14H2,1-3H3,(H,22,27)/t19-/m0/s1. The van der Waals surface area contributed by atoms with Crippen LogP contribution in [0.4, 0.5) is 0 Å². The third-order valence-electron chi connectivity index (χ3n) is 5.21. The van der Waals surface area contributed by atoms with Crippen LogP contribution in [0.2, 0.25) is 0 Å². The minimum atomic E-state index is -0.345. The highest BCUT2D eigenvalue weighted by Gasteiger charge is 2.28. The van der Waals surface area contributed by atoms with E-state index in [1.807, 2.05) is 29.2 Å². The summed E-state index contributed by atoms with van der Waals surface area (Å²) in [4.78, 5) is 33.7. The highest BCUT2D eigenvalue weighted by Crippen LogP contribution is 2.26. The van der Waals surface area contributed by atoms with Crippen LogP contribution >= 0.6 is 0 Å². The average Bonchev–Trinajstić information content (AvgIpc) is 2.76. The second-order valence-corrected chi connectivity index (χ2v) is 6.85. The number of amides is 2. The first kappa shape index (κ1) is 20.2. The predicted molar refractivity (Wildman–Crippen MR) is 108 cm³/mol. The Hall–Kier alpha value is -2.51. The second kappa shape index (κ2) is 9.12. The third kappa shape index (κ3) is 4.31. The number of fused-ring (bicyclic) bond motifs is 1. The van der Waals surface area contributed by atoms with Gasteiger partial charge in [-0.2, -0.15) is 0 Å².